The van der Waals surface area contributed by atoms with E-state index in [0.717, 1.165) is 12.2 Å². The van der Waals surface area contributed by atoms with Crippen molar-refractivity contribution in [2.45, 2.75) is 32.4 Å². The molecule has 0 amide bonds. The van der Waals surface area contributed by atoms with Crippen LogP contribution in [0.5, 0.6) is 11.5 Å². The minimum atomic E-state index is -2.86. The maximum absolute atomic E-state index is 12.6. The molecule has 7 heteroatoms. The molecule has 0 bridgehead atoms. The average molecular weight is 389 g/mol. The molecule has 3 rings (SSSR count). The lowest BCUT2D eigenvalue weighted by Gasteiger charge is -2.26. The van der Waals surface area contributed by atoms with Gasteiger partial charge >= 0.3 is 6.61 Å². The first-order valence-corrected chi connectivity index (χ1v) is 9.44. The molecule has 1 unspecified atom stereocenters. The van der Waals surface area contributed by atoms with Crippen molar-refractivity contribution in [1.82, 2.24) is 10.6 Å². The van der Waals surface area contributed by atoms with E-state index in [-0.39, 0.29) is 12.3 Å². The number of guanidine groups is 1. The highest BCUT2D eigenvalue weighted by atomic mass is 19.3. The number of alkyl halides is 2. The van der Waals surface area contributed by atoms with Gasteiger partial charge in [0.25, 0.3) is 0 Å². The number of fused-ring (bicyclic) bond motifs is 1. The second-order valence-electron chi connectivity index (χ2n) is 6.43. The van der Waals surface area contributed by atoms with Gasteiger partial charge in [-0.15, -0.1) is 0 Å². The second kappa shape index (κ2) is 9.92. The highest BCUT2D eigenvalue weighted by Gasteiger charge is 2.21. The summed E-state index contributed by atoms with van der Waals surface area (Å²) >= 11 is 0. The summed E-state index contributed by atoms with van der Waals surface area (Å²) in [5.41, 5.74) is 1.80. The van der Waals surface area contributed by atoms with Crippen molar-refractivity contribution in [3.05, 3.63) is 59.7 Å². The van der Waals surface area contributed by atoms with Crippen molar-refractivity contribution < 1.29 is 18.3 Å². The molecular formula is C21H25F2N3O2. The van der Waals surface area contributed by atoms with Gasteiger partial charge in [-0.2, -0.15) is 8.78 Å². The van der Waals surface area contributed by atoms with Crippen molar-refractivity contribution in [3.63, 3.8) is 0 Å². The van der Waals surface area contributed by atoms with Crippen LogP contribution in [-0.2, 0) is 6.54 Å². The number of aliphatic imine (C=N–C) groups is 1. The Morgan fingerprint density at radius 3 is 2.79 bits per heavy atom. The van der Waals surface area contributed by atoms with Crippen molar-refractivity contribution in [3.8, 4) is 11.5 Å². The van der Waals surface area contributed by atoms with Crippen molar-refractivity contribution in [2.24, 2.45) is 4.99 Å². The molecule has 1 aliphatic rings. The van der Waals surface area contributed by atoms with Crippen LogP contribution in [0.1, 0.15) is 30.4 Å². The molecule has 0 spiro atoms. The third-order valence-electron chi connectivity index (χ3n) is 4.54. The summed E-state index contributed by atoms with van der Waals surface area (Å²) in [5, 5.41) is 6.55. The Morgan fingerprint density at radius 2 is 1.96 bits per heavy atom. The fourth-order valence-electron chi connectivity index (χ4n) is 3.20. The van der Waals surface area contributed by atoms with Crippen LogP contribution in [0.2, 0.25) is 0 Å². The molecule has 28 heavy (non-hydrogen) atoms. The molecule has 0 saturated heterocycles. The summed E-state index contributed by atoms with van der Waals surface area (Å²) < 4.78 is 35.4. The van der Waals surface area contributed by atoms with Gasteiger partial charge in [-0.25, -0.2) is 4.99 Å². The molecule has 150 valence electrons. The zero-order chi connectivity index (χ0) is 19.8. The normalized spacial score (nSPS) is 16.3. The Morgan fingerprint density at radius 1 is 1.18 bits per heavy atom. The quantitative estimate of drug-likeness (QED) is 0.557. The van der Waals surface area contributed by atoms with Gasteiger partial charge < -0.3 is 20.1 Å². The van der Waals surface area contributed by atoms with Gasteiger partial charge in [0.2, 0.25) is 0 Å². The number of rotatable bonds is 7. The standard InChI is InChI=1S/C21H25F2N3O2/c1-2-24-21(26-14-16-7-3-5-9-18(16)28-20(22)23)25-13-15-11-12-27-19-10-6-4-8-17(15)19/h3-10,15,20H,2,11-14H2,1H3,(H2,24,25,26). The van der Waals surface area contributed by atoms with E-state index < -0.39 is 6.61 Å². The van der Waals surface area contributed by atoms with Gasteiger partial charge in [0, 0.05) is 24.6 Å². The zero-order valence-corrected chi connectivity index (χ0v) is 15.8. The van der Waals surface area contributed by atoms with Gasteiger partial charge in [0.05, 0.1) is 13.2 Å². The van der Waals surface area contributed by atoms with E-state index in [1.165, 1.54) is 11.6 Å². The minimum absolute atomic E-state index is 0.149. The van der Waals surface area contributed by atoms with E-state index in [0.29, 0.717) is 37.1 Å². The molecule has 2 aromatic carbocycles. The van der Waals surface area contributed by atoms with Gasteiger partial charge in [-0.3, -0.25) is 0 Å². The Balaban J connectivity index is 1.66. The third kappa shape index (κ3) is 5.34. The Bertz CT molecular complexity index is 799. The van der Waals surface area contributed by atoms with Crippen molar-refractivity contribution >= 4 is 5.96 Å². The Hall–Kier alpha value is -2.83. The largest absolute Gasteiger partial charge is 0.493 e. The molecule has 1 aliphatic heterocycles. The summed E-state index contributed by atoms with van der Waals surface area (Å²) in [4.78, 5) is 4.53. The number of hydrogen-bond acceptors (Lipinski definition) is 3. The predicted molar refractivity (Wildman–Crippen MR) is 105 cm³/mol. The Labute approximate surface area is 163 Å². The third-order valence-corrected chi connectivity index (χ3v) is 4.54. The summed E-state index contributed by atoms with van der Waals surface area (Å²) in [5.74, 6) is 2.04. The van der Waals surface area contributed by atoms with Crippen LogP contribution >= 0.6 is 0 Å². The van der Waals surface area contributed by atoms with Gasteiger partial charge in [-0.1, -0.05) is 36.4 Å². The number of benzene rings is 2. The number of nitrogens with zero attached hydrogens (tertiary/aromatic N) is 1. The first kappa shape index (κ1) is 19.9. The first-order chi connectivity index (χ1) is 13.7. The fourth-order valence-corrected chi connectivity index (χ4v) is 3.20. The van der Waals surface area contributed by atoms with E-state index in [1.807, 2.05) is 25.1 Å². The van der Waals surface area contributed by atoms with Crippen LogP contribution in [0.15, 0.2) is 53.5 Å². The molecule has 0 aromatic heterocycles. The van der Waals surface area contributed by atoms with Gasteiger partial charge in [-0.05, 0) is 31.0 Å². The predicted octanol–water partition coefficient (Wildman–Crippen LogP) is 3.91. The molecule has 2 N–H and O–H groups in total. The van der Waals surface area contributed by atoms with Gasteiger partial charge in [0.1, 0.15) is 11.5 Å². The maximum atomic E-state index is 12.6. The van der Waals surface area contributed by atoms with Crippen LogP contribution in [0.25, 0.3) is 0 Å². The lowest BCUT2D eigenvalue weighted by molar-refractivity contribution is -0.0504. The van der Waals surface area contributed by atoms with Crippen LogP contribution in [0.4, 0.5) is 8.78 Å². The Kier molecular flexibility index (Phi) is 7.06. The van der Waals surface area contributed by atoms with Crippen LogP contribution < -0.4 is 20.1 Å². The molecule has 0 fully saturated rings. The second-order valence-corrected chi connectivity index (χ2v) is 6.43. The van der Waals surface area contributed by atoms with Crippen molar-refractivity contribution in [2.75, 3.05) is 19.7 Å². The van der Waals surface area contributed by atoms with E-state index in [9.17, 15) is 8.78 Å². The molecular weight excluding hydrogens is 364 g/mol. The number of halogens is 2. The van der Waals surface area contributed by atoms with E-state index in [1.54, 1.807) is 18.2 Å². The lowest BCUT2D eigenvalue weighted by Crippen LogP contribution is -2.40. The summed E-state index contributed by atoms with van der Waals surface area (Å²) in [6.45, 7) is 1.46. The molecule has 0 aliphatic carbocycles. The summed E-state index contributed by atoms with van der Waals surface area (Å²) in [7, 11) is 0. The molecule has 5 nitrogen and oxygen atoms in total. The number of nitrogens with one attached hydrogen (secondary N) is 2. The topological polar surface area (TPSA) is 54.9 Å². The van der Waals surface area contributed by atoms with Crippen LogP contribution in [0.3, 0.4) is 0 Å². The molecule has 1 heterocycles. The molecule has 1 atom stereocenters. The summed E-state index contributed by atoms with van der Waals surface area (Å²) in [6, 6.07) is 14.8. The highest BCUT2D eigenvalue weighted by Crippen LogP contribution is 2.32. The first-order valence-electron chi connectivity index (χ1n) is 9.44. The van der Waals surface area contributed by atoms with E-state index in [2.05, 4.69) is 26.4 Å². The van der Waals surface area contributed by atoms with Gasteiger partial charge in [0.15, 0.2) is 5.96 Å². The average Bonchev–Trinajstić information content (AvgIpc) is 2.70. The number of hydrogen-bond donors (Lipinski definition) is 2. The monoisotopic (exact) mass is 389 g/mol. The molecule has 0 radical (unpaired) electrons. The summed E-state index contributed by atoms with van der Waals surface area (Å²) in [6.07, 6.45) is 0.925. The molecule has 0 saturated carbocycles. The highest BCUT2D eigenvalue weighted by molar-refractivity contribution is 5.79. The zero-order valence-electron chi connectivity index (χ0n) is 15.8. The maximum Gasteiger partial charge on any atom is 0.387 e. The van der Waals surface area contributed by atoms with Crippen LogP contribution in [0, 0.1) is 0 Å². The fraction of sp³-hybridized carbons (Fsp3) is 0.381. The SMILES string of the molecule is CCNC(=NCc1ccccc1OC(F)F)NCC1CCOc2ccccc21. The number of para-hydroxylation sites is 2. The van der Waals surface area contributed by atoms with Crippen LogP contribution in [-0.4, -0.2) is 32.3 Å². The van der Waals surface area contributed by atoms with Crippen molar-refractivity contribution in [1.29, 1.82) is 0 Å². The lowest BCUT2D eigenvalue weighted by atomic mass is 9.93. The number of ether oxygens (including phenoxy) is 2. The molecule has 2 aromatic rings. The van der Waals surface area contributed by atoms with E-state index in [4.69, 9.17) is 4.74 Å². The minimum Gasteiger partial charge on any atom is -0.493 e. The smallest absolute Gasteiger partial charge is 0.387 e. The van der Waals surface area contributed by atoms with E-state index >= 15 is 0 Å².